The zero-order chi connectivity index (χ0) is 25.9. The van der Waals surface area contributed by atoms with Gasteiger partial charge in [0, 0.05) is 25.1 Å². The highest BCUT2D eigenvalue weighted by Crippen LogP contribution is 2.41. The highest BCUT2D eigenvalue weighted by Gasteiger charge is 2.47. The molecule has 0 aromatic heterocycles. The van der Waals surface area contributed by atoms with E-state index in [0.717, 1.165) is 61.2 Å². The fourth-order valence-electron chi connectivity index (χ4n) is 5.44. The van der Waals surface area contributed by atoms with Crippen LogP contribution in [0.4, 0.5) is 0 Å². The molecule has 1 N–H and O–H groups in total. The number of fused-ring (bicyclic) bond motifs is 1. The van der Waals surface area contributed by atoms with E-state index in [1.807, 2.05) is 43.3 Å². The van der Waals surface area contributed by atoms with Crippen molar-refractivity contribution >= 4 is 17.4 Å². The average molecular weight is 506 g/mol. The van der Waals surface area contributed by atoms with Gasteiger partial charge in [-0.3, -0.25) is 9.59 Å². The van der Waals surface area contributed by atoms with Gasteiger partial charge in [0.25, 0.3) is 11.7 Å². The number of amides is 1. The number of hydrogen-bond donors (Lipinski definition) is 1. The lowest BCUT2D eigenvalue weighted by molar-refractivity contribution is -0.140. The molecule has 2 aromatic rings. The molecule has 3 aliphatic rings. The van der Waals surface area contributed by atoms with Gasteiger partial charge in [-0.05, 0) is 67.6 Å². The highest BCUT2D eigenvalue weighted by molar-refractivity contribution is 6.46. The van der Waals surface area contributed by atoms with E-state index in [0.29, 0.717) is 25.3 Å². The number of likely N-dealkylation sites (tertiary alicyclic amines) is 1. The Hall–Kier alpha value is -3.32. The summed E-state index contributed by atoms with van der Waals surface area (Å²) >= 11 is 0. The summed E-state index contributed by atoms with van der Waals surface area (Å²) in [6.07, 6.45) is 5.66. The lowest BCUT2D eigenvalue weighted by Gasteiger charge is -2.27. The van der Waals surface area contributed by atoms with Gasteiger partial charge in [-0.1, -0.05) is 31.9 Å². The molecule has 2 fully saturated rings. The molecule has 0 saturated carbocycles. The van der Waals surface area contributed by atoms with E-state index in [4.69, 9.17) is 14.2 Å². The number of nitrogens with zero attached hydrogens (tertiary/aromatic N) is 1. The second-order valence-corrected chi connectivity index (χ2v) is 10.2. The molecule has 3 aliphatic heterocycles. The third-order valence-electron chi connectivity index (χ3n) is 7.35. The van der Waals surface area contributed by atoms with Gasteiger partial charge < -0.3 is 24.2 Å². The van der Waals surface area contributed by atoms with Crippen molar-refractivity contribution in [2.45, 2.75) is 70.6 Å². The highest BCUT2D eigenvalue weighted by atomic mass is 16.5. The van der Waals surface area contributed by atoms with Crippen LogP contribution in [0.2, 0.25) is 0 Å². The van der Waals surface area contributed by atoms with E-state index in [9.17, 15) is 14.7 Å². The summed E-state index contributed by atoms with van der Waals surface area (Å²) < 4.78 is 17.4. The van der Waals surface area contributed by atoms with E-state index in [-0.39, 0.29) is 23.5 Å². The summed E-state index contributed by atoms with van der Waals surface area (Å²) in [6, 6.07) is 12.2. The molecule has 0 radical (unpaired) electrons. The Labute approximate surface area is 218 Å². The Kier molecular flexibility index (Phi) is 7.51. The van der Waals surface area contributed by atoms with Crippen molar-refractivity contribution < 1.29 is 28.9 Å². The number of benzene rings is 2. The number of carbonyl (C=O) groups excluding carboxylic acids is 2. The van der Waals surface area contributed by atoms with E-state index in [1.54, 1.807) is 11.0 Å². The maximum absolute atomic E-state index is 13.3. The average Bonchev–Trinajstić information content (AvgIpc) is 3.61. The van der Waals surface area contributed by atoms with E-state index in [1.165, 1.54) is 0 Å². The Morgan fingerprint density at radius 1 is 1.14 bits per heavy atom. The van der Waals surface area contributed by atoms with Gasteiger partial charge in [0.05, 0.1) is 24.3 Å². The van der Waals surface area contributed by atoms with Crippen LogP contribution in [-0.2, 0) is 20.7 Å². The van der Waals surface area contributed by atoms with E-state index >= 15 is 0 Å². The zero-order valence-electron chi connectivity index (χ0n) is 21.6. The number of carbonyl (C=O) groups is 2. The smallest absolute Gasteiger partial charge is 0.295 e. The third-order valence-corrected chi connectivity index (χ3v) is 7.35. The SMILES string of the molecule is CCCCCOc1ccc([C@H]2C(=C(O)c3ccc4c(c3)C[C@H](C)O4)C(=O)C(=O)N2C[C@H]2CCCO2)cc1. The van der Waals surface area contributed by atoms with Crippen LogP contribution in [-0.4, -0.2) is 53.7 Å². The Bertz CT molecular complexity index is 1180. The van der Waals surface area contributed by atoms with Gasteiger partial charge in [0.1, 0.15) is 23.4 Å². The van der Waals surface area contributed by atoms with Crippen LogP contribution < -0.4 is 9.47 Å². The predicted molar refractivity (Wildman–Crippen MR) is 140 cm³/mol. The maximum atomic E-state index is 13.3. The van der Waals surface area contributed by atoms with Crippen LogP contribution in [0.5, 0.6) is 11.5 Å². The Morgan fingerprint density at radius 2 is 1.95 bits per heavy atom. The molecule has 0 aliphatic carbocycles. The quantitative estimate of drug-likeness (QED) is 0.219. The summed E-state index contributed by atoms with van der Waals surface area (Å²) in [6.45, 7) is 5.74. The summed E-state index contributed by atoms with van der Waals surface area (Å²) in [7, 11) is 0. The zero-order valence-corrected chi connectivity index (χ0v) is 21.6. The first-order chi connectivity index (χ1) is 18.0. The van der Waals surface area contributed by atoms with Gasteiger partial charge in [-0.25, -0.2) is 0 Å². The monoisotopic (exact) mass is 505 g/mol. The van der Waals surface area contributed by atoms with Crippen LogP contribution in [0.25, 0.3) is 5.76 Å². The number of ether oxygens (including phenoxy) is 3. The topological polar surface area (TPSA) is 85.3 Å². The van der Waals surface area contributed by atoms with Crippen molar-refractivity contribution in [3.05, 3.63) is 64.7 Å². The number of ketones is 1. The molecule has 3 atom stereocenters. The molecular formula is C30H35NO6. The normalized spacial score (nSPS) is 24.4. The van der Waals surface area contributed by atoms with Crippen molar-refractivity contribution in [2.24, 2.45) is 0 Å². The lowest BCUT2D eigenvalue weighted by Crippen LogP contribution is -2.36. The minimum Gasteiger partial charge on any atom is -0.507 e. The number of rotatable bonds is 9. The molecule has 37 heavy (non-hydrogen) atoms. The van der Waals surface area contributed by atoms with Gasteiger partial charge in [0.15, 0.2) is 0 Å². The van der Waals surface area contributed by atoms with Crippen molar-refractivity contribution in [2.75, 3.05) is 19.8 Å². The van der Waals surface area contributed by atoms with Crippen LogP contribution >= 0.6 is 0 Å². The van der Waals surface area contributed by atoms with Gasteiger partial charge in [0.2, 0.25) is 0 Å². The fraction of sp³-hybridized carbons (Fsp3) is 0.467. The maximum Gasteiger partial charge on any atom is 0.295 e. The third kappa shape index (κ3) is 5.23. The van der Waals surface area contributed by atoms with Crippen LogP contribution in [0.1, 0.15) is 68.7 Å². The minimum atomic E-state index is -0.707. The molecule has 1 amide bonds. The molecule has 2 aromatic carbocycles. The molecule has 7 heteroatoms. The van der Waals surface area contributed by atoms with Gasteiger partial charge >= 0.3 is 0 Å². The molecular weight excluding hydrogens is 470 g/mol. The van der Waals surface area contributed by atoms with Crippen molar-refractivity contribution in [1.82, 2.24) is 4.90 Å². The largest absolute Gasteiger partial charge is 0.507 e. The molecule has 7 nitrogen and oxygen atoms in total. The second kappa shape index (κ2) is 11.0. The standard InChI is InChI=1S/C30H35NO6/c1-3-4-5-14-35-23-11-8-20(9-12-23)27-26(29(33)30(34)31(27)18-24-7-6-15-36-24)28(32)21-10-13-25-22(17-21)16-19(2)37-25/h8-13,17,19,24,27,32H,3-7,14-16,18H2,1-2H3/t19-,24+,27-/m0/s1. The molecule has 196 valence electrons. The summed E-state index contributed by atoms with van der Waals surface area (Å²) in [5.74, 6) is 0.0728. The molecule has 2 saturated heterocycles. The van der Waals surface area contributed by atoms with Gasteiger partial charge in [-0.2, -0.15) is 0 Å². The van der Waals surface area contributed by atoms with Crippen molar-refractivity contribution in [1.29, 1.82) is 0 Å². The number of Topliss-reactive ketones (excluding diaryl/α,β-unsaturated/α-hetero) is 1. The van der Waals surface area contributed by atoms with E-state index in [2.05, 4.69) is 6.92 Å². The second-order valence-electron chi connectivity index (χ2n) is 10.2. The lowest BCUT2D eigenvalue weighted by atomic mass is 9.94. The van der Waals surface area contributed by atoms with Crippen LogP contribution in [0.15, 0.2) is 48.0 Å². The van der Waals surface area contributed by atoms with Crippen LogP contribution in [0.3, 0.4) is 0 Å². The first-order valence-electron chi connectivity index (χ1n) is 13.4. The minimum absolute atomic E-state index is 0.0621. The van der Waals surface area contributed by atoms with Gasteiger partial charge in [-0.15, -0.1) is 0 Å². The molecule has 3 heterocycles. The van der Waals surface area contributed by atoms with Crippen molar-refractivity contribution in [3.8, 4) is 11.5 Å². The Balaban J connectivity index is 1.49. The fourth-order valence-corrected chi connectivity index (χ4v) is 5.44. The summed E-state index contributed by atoms with van der Waals surface area (Å²) in [5.41, 5.74) is 2.34. The molecule has 0 spiro atoms. The summed E-state index contributed by atoms with van der Waals surface area (Å²) in [4.78, 5) is 28.2. The molecule has 5 rings (SSSR count). The van der Waals surface area contributed by atoms with Crippen molar-refractivity contribution in [3.63, 3.8) is 0 Å². The molecule has 0 unspecified atom stereocenters. The first kappa shape index (κ1) is 25.3. The Morgan fingerprint density at radius 3 is 2.68 bits per heavy atom. The number of aliphatic hydroxyl groups excluding tert-OH is 1. The number of aliphatic hydroxyl groups is 1. The predicted octanol–water partition coefficient (Wildman–Crippen LogP) is 5.18. The number of unbranched alkanes of at least 4 members (excludes halogenated alkanes) is 2. The summed E-state index contributed by atoms with van der Waals surface area (Å²) in [5, 5.41) is 11.4. The molecule has 0 bridgehead atoms. The van der Waals surface area contributed by atoms with E-state index < -0.39 is 17.7 Å². The first-order valence-corrected chi connectivity index (χ1v) is 13.4. The number of hydrogen-bond acceptors (Lipinski definition) is 6. The van der Waals surface area contributed by atoms with Crippen LogP contribution in [0, 0.1) is 0 Å².